The molecular weight excluding hydrogens is 275 g/mol. The molecule has 110 valence electrons. The van der Waals surface area contributed by atoms with Crippen molar-refractivity contribution in [3.8, 4) is 11.5 Å². The maximum absolute atomic E-state index is 13.4. The molecule has 0 bridgehead atoms. The highest BCUT2D eigenvalue weighted by atomic mass is 19.1. The topological polar surface area (TPSA) is 75.8 Å². The number of carboxylic acid groups (broad SMARTS) is 1. The van der Waals surface area contributed by atoms with Gasteiger partial charge in [-0.3, -0.25) is 0 Å². The summed E-state index contributed by atoms with van der Waals surface area (Å²) in [6, 6.07) is 9.40. The summed E-state index contributed by atoms with van der Waals surface area (Å²) in [6.45, 7) is 0. The molecule has 0 unspecified atom stereocenters. The van der Waals surface area contributed by atoms with Crippen molar-refractivity contribution in [2.24, 2.45) is 0 Å². The first-order valence-corrected chi connectivity index (χ1v) is 6.16. The third kappa shape index (κ3) is 3.05. The first-order chi connectivity index (χ1) is 9.90. The summed E-state index contributed by atoms with van der Waals surface area (Å²) in [5.41, 5.74) is 5.54. The second-order valence-corrected chi connectivity index (χ2v) is 4.63. The van der Waals surface area contributed by atoms with Crippen molar-refractivity contribution in [2.75, 3.05) is 24.7 Å². The van der Waals surface area contributed by atoms with Gasteiger partial charge in [-0.05, 0) is 24.3 Å². The van der Waals surface area contributed by atoms with Gasteiger partial charge in [0, 0.05) is 25.8 Å². The van der Waals surface area contributed by atoms with Crippen LogP contribution in [0.1, 0.15) is 10.4 Å². The number of nitrogens with two attached hydrogens (primary N) is 1. The predicted molar refractivity (Wildman–Crippen MR) is 78.6 cm³/mol. The Bertz CT molecular complexity index is 687. The summed E-state index contributed by atoms with van der Waals surface area (Å²) in [5.74, 6) is -1.69. The number of aromatic carboxylic acids is 1. The van der Waals surface area contributed by atoms with E-state index in [1.807, 2.05) is 25.1 Å². The SMILES string of the molecule is CN(C)c1cccc(Oc2ccc(F)c(N)c2C(=O)O)c1. The number of anilines is 2. The van der Waals surface area contributed by atoms with E-state index >= 15 is 0 Å². The maximum Gasteiger partial charge on any atom is 0.341 e. The van der Waals surface area contributed by atoms with Gasteiger partial charge in [0.15, 0.2) is 0 Å². The Balaban J connectivity index is 2.42. The number of hydrogen-bond donors (Lipinski definition) is 2. The Kier molecular flexibility index (Phi) is 3.98. The minimum absolute atomic E-state index is 0.00249. The van der Waals surface area contributed by atoms with Crippen LogP contribution in [0.4, 0.5) is 15.8 Å². The zero-order chi connectivity index (χ0) is 15.6. The lowest BCUT2D eigenvalue weighted by Gasteiger charge is -2.15. The number of nitrogen functional groups attached to an aromatic ring is 1. The Morgan fingerprint density at radius 2 is 2.00 bits per heavy atom. The summed E-state index contributed by atoms with van der Waals surface area (Å²) in [4.78, 5) is 13.1. The van der Waals surface area contributed by atoms with Crippen LogP contribution in [0.25, 0.3) is 0 Å². The van der Waals surface area contributed by atoms with Crippen LogP contribution in [0, 0.1) is 5.82 Å². The number of rotatable bonds is 4. The molecule has 0 heterocycles. The van der Waals surface area contributed by atoms with Gasteiger partial charge in [0.05, 0.1) is 5.69 Å². The average molecular weight is 290 g/mol. The van der Waals surface area contributed by atoms with Gasteiger partial charge in [0.1, 0.15) is 22.9 Å². The molecule has 0 spiro atoms. The molecule has 0 atom stereocenters. The lowest BCUT2D eigenvalue weighted by molar-refractivity contribution is 0.0695. The molecule has 0 saturated heterocycles. The summed E-state index contributed by atoms with van der Waals surface area (Å²) in [6.07, 6.45) is 0. The fourth-order valence-electron chi connectivity index (χ4n) is 1.83. The Hall–Kier alpha value is -2.76. The number of benzene rings is 2. The third-order valence-electron chi connectivity index (χ3n) is 2.93. The Labute approximate surface area is 121 Å². The molecule has 0 radical (unpaired) electrons. The third-order valence-corrected chi connectivity index (χ3v) is 2.93. The zero-order valence-corrected chi connectivity index (χ0v) is 11.6. The minimum Gasteiger partial charge on any atom is -0.477 e. The standard InChI is InChI=1S/C15H15FN2O3/c1-18(2)9-4-3-5-10(8-9)21-12-7-6-11(16)14(17)13(12)15(19)20/h3-8H,17H2,1-2H3,(H,19,20). The van der Waals surface area contributed by atoms with Gasteiger partial charge in [-0.1, -0.05) is 6.07 Å². The van der Waals surface area contributed by atoms with E-state index in [1.54, 1.807) is 18.2 Å². The molecule has 2 aromatic rings. The molecule has 21 heavy (non-hydrogen) atoms. The quantitative estimate of drug-likeness (QED) is 0.847. The predicted octanol–water partition coefficient (Wildman–Crippen LogP) is 2.96. The van der Waals surface area contributed by atoms with E-state index in [9.17, 15) is 9.18 Å². The Morgan fingerprint density at radius 1 is 1.29 bits per heavy atom. The van der Waals surface area contributed by atoms with Crippen LogP contribution in [-0.2, 0) is 0 Å². The van der Waals surface area contributed by atoms with Crippen LogP contribution >= 0.6 is 0 Å². The minimum atomic E-state index is -1.34. The summed E-state index contributed by atoms with van der Waals surface area (Å²) in [5, 5.41) is 9.16. The molecule has 0 saturated carbocycles. The zero-order valence-electron chi connectivity index (χ0n) is 11.6. The number of nitrogens with zero attached hydrogens (tertiary/aromatic N) is 1. The fraction of sp³-hybridized carbons (Fsp3) is 0.133. The van der Waals surface area contributed by atoms with E-state index in [2.05, 4.69) is 0 Å². The highest BCUT2D eigenvalue weighted by Crippen LogP contribution is 2.32. The van der Waals surface area contributed by atoms with Crippen molar-refractivity contribution in [1.82, 2.24) is 0 Å². The van der Waals surface area contributed by atoms with Gasteiger partial charge in [-0.2, -0.15) is 0 Å². The van der Waals surface area contributed by atoms with Gasteiger partial charge in [0.25, 0.3) is 0 Å². The maximum atomic E-state index is 13.4. The van der Waals surface area contributed by atoms with Gasteiger partial charge in [0.2, 0.25) is 0 Å². The van der Waals surface area contributed by atoms with Gasteiger partial charge in [-0.15, -0.1) is 0 Å². The molecule has 5 nitrogen and oxygen atoms in total. The monoisotopic (exact) mass is 290 g/mol. The summed E-state index contributed by atoms with van der Waals surface area (Å²) in [7, 11) is 3.75. The first kappa shape index (κ1) is 14.6. The van der Waals surface area contributed by atoms with Crippen LogP contribution < -0.4 is 15.4 Å². The van der Waals surface area contributed by atoms with E-state index in [1.165, 1.54) is 6.07 Å². The average Bonchev–Trinajstić information content (AvgIpc) is 2.43. The van der Waals surface area contributed by atoms with Crippen LogP contribution in [-0.4, -0.2) is 25.2 Å². The molecule has 0 aliphatic rings. The van der Waals surface area contributed by atoms with Gasteiger partial charge in [-0.25, -0.2) is 9.18 Å². The van der Waals surface area contributed by atoms with Crippen molar-refractivity contribution in [3.05, 3.63) is 47.8 Å². The number of halogens is 1. The van der Waals surface area contributed by atoms with Gasteiger partial charge >= 0.3 is 5.97 Å². The largest absolute Gasteiger partial charge is 0.477 e. The molecule has 6 heteroatoms. The highest BCUT2D eigenvalue weighted by Gasteiger charge is 2.19. The summed E-state index contributed by atoms with van der Waals surface area (Å²) >= 11 is 0. The fourth-order valence-corrected chi connectivity index (χ4v) is 1.83. The van der Waals surface area contributed by atoms with Crippen LogP contribution in [0.15, 0.2) is 36.4 Å². The van der Waals surface area contributed by atoms with Crippen molar-refractivity contribution in [1.29, 1.82) is 0 Å². The number of carboxylic acids is 1. The van der Waals surface area contributed by atoms with Crippen molar-refractivity contribution in [2.45, 2.75) is 0 Å². The van der Waals surface area contributed by atoms with E-state index in [4.69, 9.17) is 15.6 Å². The van der Waals surface area contributed by atoms with E-state index in [0.29, 0.717) is 5.75 Å². The molecule has 0 aromatic heterocycles. The molecule has 0 amide bonds. The van der Waals surface area contributed by atoms with Gasteiger partial charge < -0.3 is 20.5 Å². The molecule has 0 aliphatic heterocycles. The molecule has 3 N–H and O–H groups in total. The lowest BCUT2D eigenvalue weighted by Crippen LogP contribution is -2.09. The molecule has 0 aliphatic carbocycles. The van der Waals surface area contributed by atoms with Crippen LogP contribution in [0.3, 0.4) is 0 Å². The number of hydrogen-bond acceptors (Lipinski definition) is 4. The molecule has 2 aromatic carbocycles. The second-order valence-electron chi connectivity index (χ2n) is 4.63. The van der Waals surface area contributed by atoms with E-state index in [0.717, 1.165) is 11.8 Å². The highest BCUT2D eigenvalue weighted by molar-refractivity contribution is 5.97. The summed E-state index contributed by atoms with van der Waals surface area (Å²) < 4.78 is 18.9. The van der Waals surface area contributed by atoms with Crippen LogP contribution in [0.2, 0.25) is 0 Å². The Morgan fingerprint density at radius 3 is 2.62 bits per heavy atom. The number of carbonyl (C=O) groups is 1. The van der Waals surface area contributed by atoms with Crippen molar-refractivity contribution >= 4 is 17.3 Å². The van der Waals surface area contributed by atoms with Crippen molar-refractivity contribution < 1.29 is 19.0 Å². The normalized spacial score (nSPS) is 10.2. The second kappa shape index (κ2) is 5.70. The number of ether oxygens (including phenoxy) is 1. The first-order valence-electron chi connectivity index (χ1n) is 6.16. The molecule has 0 fully saturated rings. The van der Waals surface area contributed by atoms with E-state index in [-0.39, 0.29) is 11.3 Å². The molecule has 2 rings (SSSR count). The lowest BCUT2D eigenvalue weighted by atomic mass is 10.1. The molecular formula is C15H15FN2O3. The van der Waals surface area contributed by atoms with E-state index < -0.39 is 17.5 Å². The van der Waals surface area contributed by atoms with Crippen molar-refractivity contribution in [3.63, 3.8) is 0 Å². The van der Waals surface area contributed by atoms with Crippen LogP contribution in [0.5, 0.6) is 11.5 Å². The smallest absolute Gasteiger partial charge is 0.341 e.